The van der Waals surface area contributed by atoms with Crippen LogP contribution in [0.5, 0.6) is 0 Å². The summed E-state index contributed by atoms with van der Waals surface area (Å²) in [7, 11) is -3.67. The first-order chi connectivity index (χ1) is 12.9. The van der Waals surface area contributed by atoms with E-state index < -0.39 is 16.1 Å². The summed E-state index contributed by atoms with van der Waals surface area (Å²) in [5.41, 5.74) is 6.86. The standard InChI is InChI=1S/C18H18N4O3S2/c19-17-14-10-12(3-4-13(14)5-7-20-17)11-22-8-6-15(18(22)23)21-27(24,25)16-2-1-9-26-16/h1-5,7,9-10,15,21H,6,8,11H2,(H2,19,20)/t15-/m0/s1. The van der Waals surface area contributed by atoms with Gasteiger partial charge in [-0.15, -0.1) is 11.3 Å². The molecule has 140 valence electrons. The summed E-state index contributed by atoms with van der Waals surface area (Å²) in [6, 6.07) is 10.2. The maximum Gasteiger partial charge on any atom is 0.250 e. The van der Waals surface area contributed by atoms with Gasteiger partial charge in [0.05, 0.1) is 0 Å². The first-order valence-corrected chi connectivity index (χ1v) is 10.8. The molecule has 1 aliphatic rings. The summed E-state index contributed by atoms with van der Waals surface area (Å²) >= 11 is 1.13. The lowest BCUT2D eigenvalue weighted by Crippen LogP contribution is -2.41. The number of nitrogens with zero attached hydrogens (tertiary/aromatic N) is 2. The zero-order valence-electron chi connectivity index (χ0n) is 14.3. The molecule has 0 radical (unpaired) electrons. The topological polar surface area (TPSA) is 105 Å². The van der Waals surface area contributed by atoms with Crippen molar-refractivity contribution < 1.29 is 13.2 Å². The summed E-state index contributed by atoms with van der Waals surface area (Å²) in [5.74, 6) is 0.234. The van der Waals surface area contributed by atoms with Gasteiger partial charge in [-0.1, -0.05) is 18.2 Å². The number of anilines is 1. The van der Waals surface area contributed by atoms with Crippen molar-refractivity contribution in [3.63, 3.8) is 0 Å². The summed E-state index contributed by atoms with van der Waals surface area (Å²) in [6.07, 6.45) is 2.10. The van der Waals surface area contributed by atoms with Crippen molar-refractivity contribution >= 4 is 43.9 Å². The van der Waals surface area contributed by atoms with Crippen molar-refractivity contribution in [2.45, 2.75) is 23.2 Å². The second-order valence-electron chi connectivity index (χ2n) is 6.41. The Morgan fingerprint density at radius 2 is 2.15 bits per heavy atom. The molecular weight excluding hydrogens is 384 g/mol. The van der Waals surface area contributed by atoms with E-state index in [1.807, 2.05) is 24.3 Å². The molecular formula is C18H18N4O3S2. The average Bonchev–Trinajstić information content (AvgIpc) is 3.29. The van der Waals surface area contributed by atoms with Crippen molar-refractivity contribution in [1.29, 1.82) is 0 Å². The van der Waals surface area contributed by atoms with Crippen molar-refractivity contribution in [2.75, 3.05) is 12.3 Å². The van der Waals surface area contributed by atoms with E-state index in [0.29, 0.717) is 25.3 Å². The van der Waals surface area contributed by atoms with Gasteiger partial charge in [0.1, 0.15) is 16.1 Å². The van der Waals surface area contributed by atoms with E-state index in [1.165, 1.54) is 6.07 Å². The smallest absolute Gasteiger partial charge is 0.250 e. The fourth-order valence-electron chi connectivity index (χ4n) is 3.22. The summed E-state index contributed by atoms with van der Waals surface area (Å²) in [4.78, 5) is 18.4. The highest BCUT2D eigenvalue weighted by molar-refractivity contribution is 7.91. The number of carbonyl (C=O) groups excluding carboxylic acids is 1. The molecule has 3 heterocycles. The molecule has 3 aromatic rings. The molecule has 0 unspecified atom stereocenters. The Morgan fingerprint density at radius 1 is 1.30 bits per heavy atom. The van der Waals surface area contributed by atoms with Gasteiger partial charge in [0, 0.05) is 24.7 Å². The van der Waals surface area contributed by atoms with Crippen LogP contribution >= 0.6 is 11.3 Å². The van der Waals surface area contributed by atoms with Crippen LogP contribution in [-0.4, -0.2) is 36.8 Å². The molecule has 1 aliphatic heterocycles. The lowest BCUT2D eigenvalue weighted by molar-refractivity contribution is -0.129. The molecule has 0 saturated carbocycles. The maximum atomic E-state index is 12.7. The molecule has 7 nitrogen and oxygen atoms in total. The van der Waals surface area contributed by atoms with Crippen LogP contribution in [0.25, 0.3) is 10.8 Å². The molecule has 2 aromatic heterocycles. The molecule has 3 N–H and O–H groups in total. The number of rotatable bonds is 5. The molecule has 0 bridgehead atoms. The summed E-state index contributed by atoms with van der Waals surface area (Å²) in [5, 5.41) is 3.52. The number of fused-ring (bicyclic) bond motifs is 1. The van der Waals surface area contributed by atoms with E-state index in [1.54, 1.807) is 22.5 Å². The van der Waals surface area contributed by atoms with Gasteiger partial charge in [0.25, 0.3) is 10.0 Å². The molecule has 1 amide bonds. The highest BCUT2D eigenvalue weighted by Gasteiger charge is 2.35. The lowest BCUT2D eigenvalue weighted by Gasteiger charge is -2.17. The minimum Gasteiger partial charge on any atom is -0.383 e. The Bertz CT molecular complexity index is 1100. The van der Waals surface area contributed by atoms with Crippen LogP contribution in [0.3, 0.4) is 0 Å². The normalized spacial score (nSPS) is 17.7. The van der Waals surface area contributed by atoms with E-state index in [2.05, 4.69) is 9.71 Å². The maximum absolute atomic E-state index is 12.7. The van der Waals surface area contributed by atoms with Crippen molar-refractivity contribution in [2.24, 2.45) is 0 Å². The van der Waals surface area contributed by atoms with Crippen molar-refractivity contribution in [3.8, 4) is 0 Å². The van der Waals surface area contributed by atoms with Crippen LogP contribution in [0.4, 0.5) is 5.82 Å². The van der Waals surface area contributed by atoms with Gasteiger partial charge in [-0.05, 0) is 40.9 Å². The largest absolute Gasteiger partial charge is 0.383 e. The van der Waals surface area contributed by atoms with E-state index in [9.17, 15) is 13.2 Å². The Morgan fingerprint density at radius 3 is 2.93 bits per heavy atom. The highest BCUT2D eigenvalue weighted by Crippen LogP contribution is 2.23. The molecule has 1 fully saturated rings. The molecule has 1 saturated heterocycles. The number of sulfonamides is 1. The molecule has 0 aliphatic carbocycles. The molecule has 1 aromatic carbocycles. The van der Waals surface area contributed by atoms with Gasteiger partial charge < -0.3 is 10.6 Å². The van der Waals surface area contributed by atoms with Gasteiger partial charge in [-0.3, -0.25) is 4.79 Å². The van der Waals surface area contributed by atoms with Crippen LogP contribution < -0.4 is 10.5 Å². The van der Waals surface area contributed by atoms with E-state index in [-0.39, 0.29) is 10.1 Å². The number of thiophene rings is 1. The van der Waals surface area contributed by atoms with Gasteiger partial charge in [0.15, 0.2) is 0 Å². The van der Waals surface area contributed by atoms with Gasteiger partial charge in [-0.2, -0.15) is 4.72 Å². The number of hydrogen-bond acceptors (Lipinski definition) is 6. The number of nitrogen functional groups attached to an aromatic ring is 1. The number of aromatic nitrogens is 1. The van der Waals surface area contributed by atoms with Gasteiger partial charge >= 0.3 is 0 Å². The monoisotopic (exact) mass is 402 g/mol. The minimum atomic E-state index is -3.67. The number of nitrogens with two attached hydrogens (primary N) is 1. The Balaban J connectivity index is 1.49. The number of benzene rings is 1. The number of nitrogens with one attached hydrogen (secondary N) is 1. The quantitative estimate of drug-likeness (QED) is 0.679. The van der Waals surface area contributed by atoms with Crippen molar-refractivity contribution in [3.05, 3.63) is 53.5 Å². The zero-order chi connectivity index (χ0) is 19.0. The Hall–Kier alpha value is -2.49. The van der Waals surface area contributed by atoms with E-state index >= 15 is 0 Å². The van der Waals surface area contributed by atoms with Crippen LogP contribution in [0, 0.1) is 0 Å². The fraction of sp³-hybridized carbons (Fsp3) is 0.222. The zero-order valence-corrected chi connectivity index (χ0v) is 16.0. The van der Waals surface area contributed by atoms with Crippen LogP contribution in [0.1, 0.15) is 12.0 Å². The van der Waals surface area contributed by atoms with Gasteiger partial charge in [-0.25, -0.2) is 13.4 Å². The SMILES string of the molecule is Nc1nccc2ccc(CN3CC[C@H](NS(=O)(=O)c4cccs4)C3=O)cc12. The summed E-state index contributed by atoms with van der Waals surface area (Å²) < 4.78 is 27.4. The average molecular weight is 403 g/mol. The number of carbonyl (C=O) groups is 1. The number of amides is 1. The third-order valence-electron chi connectivity index (χ3n) is 4.59. The summed E-state index contributed by atoms with van der Waals surface area (Å²) in [6.45, 7) is 0.900. The third kappa shape index (κ3) is 3.53. The van der Waals surface area contributed by atoms with E-state index in [4.69, 9.17) is 5.73 Å². The molecule has 4 rings (SSSR count). The lowest BCUT2D eigenvalue weighted by atomic mass is 10.1. The van der Waals surface area contributed by atoms with Crippen LogP contribution in [0.15, 0.2) is 52.2 Å². The predicted octanol–water partition coefficient (Wildman–Crippen LogP) is 1.96. The number of pyridine rings is 1. The number of hydrogen-bond donors (Lipinski definition) is 2. The van der Waals surface area contributed by atoms with Crippen molar-refractivity contribution in [1.82, 2.24) is 14.6 Å². The van der Waals surface area contributed by atoms with E-state index in [0.717, 1.165) is 27.7 Å². The Labute approximate surface area is 160 Å². The first kappa shape index (κ1) is 17.9. The van der Waals surface area contributed by atoms with Gasteiger partial charge in [0.2, 0.25) is 5.91 Å². The second-order valence-corrected chi connectivity index (χ2v) is 9.29. The molecule has 0 spiro atoms. The second kappa shape index (κ2) is 6.91. The predicted molar refractivity (Wildman–Crippen MR) is 105 cm³/mol. The van der Waals surface area contributed by atoms with Crippen LogP contribution in [0.2, 0.25) is 0 Å². The Kier molecular flexibility index (Phi) is 4.58. The fourth-order valence-corrected chi connectivity index (χ4v) is 5.46. The first-order valence-electron chi connectivity index (χ1n) is 8.42. The minimum absolute atomic E-state index is 0.214. The highest BCUT2D eigenvalue weighted by atomic mass is 32.2. The number of likely N-dealkylation sites (tertiary alicyclic amines) is 1. The van der Waals surface area contributed by atoms with Crippen LogP contribution in [-0.2, 0) is 21.4 Å². The molecule has 9 heteroatoms. The molecule has 1 atom stereocenters. The third-order valence-corrected chi connectivity index (χ3v) is 7.46. The molecule has 27 heavy (non-hydrogen) atoms.